The van der Waals surface area contributed by atoms with Gasteiger partial charge in [-0.3, -0.25) is 4.79 Å². The van der Waals surface area contributed by atoms with Crippen LogP contribution < -0.4 is 10.5 Å². The number of nitrogens with zero attached hydrogens (tertiary/aromatic N) is 3. The Morgan fingerprint density at radius 1 is 1.14 bits per heavy atom. The number of hydrogen-bond acceptors (Lipinski definition) is 6. The van der Waals surface area contributed by atoms with Crippen LogP contribution in [-0.4, -0.2) is 34.8 Å². The Morgan fingerprint density at radius 3 is 2.61 bits per heavy atom. The molecule has 0 aliphatic rings. The first-order valence-corrected chi connectivity index (χ1v) is 10.9. The number of nitrogens with one attached hydrogen (secondary N) is 1. The van der Waals surface area contributed by atoms with Gasteiger partial charge < -0.3 is 9.88 Å². The number of carbonyl (C=O) groups is 1. The zero-order valence-electron chi connectivity index (χ0n) is 15.1. The van der Waals surface area contributed by atoms with Crippen LogP contribution >= 0.6 is 11.8 Å². The lowest BCUT2D eigenvalue weighted by molar-refractivity contribution is -0.113. The van der Waals surface area contributed by atoms with E-state index in [9.17, 15) is 13.2 Å². The molecule has 1 heterocycles. The van der Waals surface area contributed by atoms with Crippen molar-refractivity contribution in [1.82, 2.24) is 14.8 Å². The zero-order chi connectivity index (χ0) is 20.1. The second kappa shape index (κ2) is 8.55. The van der Waals surface area contributed by atoms with Crippen LogP contribution in [0, 0.1) is 6.92 Å². The van der Waals surface area contributed by atoms with Crippen molar-refractivity contribution >= 4 is 33.4 Å². The summed E-state index contributed by atoms with van der Waals surface area (Å²) < 4.78 is 24.8. The predicted octanol–water partition coefficient (Wildman–Crippen LogP) is 2.01. The Hall–Kier alpha value is -2.69. The molecule has 1 aromatic heterocycles. The summed E-state index contributed by atoms with van der Waals surface area (Å²) >= 11 is 1.26. The number of benzene rings is 2. The van der Waals surface area contributed by atoms with E-state index in [0.29, 0.717) is 17.4 Å². The van der Waals surface area contributed by atoms with Crippen LogP contribution in [0.3, 0.4) is 0 Å². The van der Waals surface area contributed by atoms with Crippen molar-refractivity contribution in [1.29, 1.82) is 0 Å². The summed E-state index contributed by atoms with van der Waals surface area (Å²) in [6.07, 6.45) is 0. The molecule has 0 bridgehead atoms. The highest BCUT2D eigenvalue weighted by Gasteiger charge is 2.13. The van der Waals surface area contributed by atoms with Crippen molar-refractivity contribution in [3.8, 4) is 0 Å². The van der Waals surface area contributed by atoms with Crippen molar-refractivity contribution in [3.63, 3.8) is 0 Å². The molecule has 3 aromatic rings. The third kappa shape index (κ3) is 5.18. The molecule has 0 saturated heterocycles. The number of carbonyl (C=O) groups excluding carboxylic acids is 1. The molecule has 0 radical (unpaired) electrons. The van der Waals surface area contributed by atoms with Crippen molar-refractivity contribution < 1.29 is 13.2 Å². The molecule has 28 heavy (non-hydrogen) atoms. The fourth-order valence-corrected chi connectivity index (χ4v) is 3.84. The van der Waals surface area contributed by atoms with Crippen LogP contribution in [0.1, 0.15) is 11.4 Å². The largest absolute Gasteiger partial charge is 0.325 e. The van der Waals surface area contributed by atoms with Crippen LogP contribution in [-0.2, 0) is 21.4 Å². The third-order valence-corrected chi connectivity index (χ3v) is 5.74. The molecule has 2 aromatic carbocycles. The standard InChI is InChI=1S/C18H19N5O3S2/c1-13-21-22-18(23(13)11-14-6-3-2-4-7-14)27-12-17(24)20-15-8-5-9-16(10-15)28(19,25)26/h2-10H,11-12H2,1H3,(H,20,24)(H2,19,25,26). The van der Waals surface area contributed by atoms with E-state index in [1.165, 1.54) is 30.0 Å². The number of sulfonamides is 1. The van der Waals surface area contributed by atoms with Gasteiger partial charge in [0.15, 0.2) is 5.16 Å². The predicted molar refractivity (Wildman–Crippen MR) is 107 cm³/mol. The number of thioether (sulfide) groups is 1. The minimum Gasteiger partial charge on any atom is -0.325 e. The maximum absolute atomic E-state index is 12.3. The van der Waals surface area contributed by atoms with Gasteiger partial charge in [-0.15, -0.1) is 10.2 Å². The minimum atomic E-state index is -3.83. The summed E-state index contributed by atoms with van der Waals surface area (Å²) in [5, 5.41) is 16.6. The van der Waals surface area contributed by atoms with Gasteiger partial charge in [0, 0.05) is 5.69 Å². The van der Waals surface area contributed by atoms with Gasteiger partial charge in [0.2, 0.25) is 15.9 Å². The van der Waals surface area contributed by atoms with Gasteiger partial charge in [-0.2, -0.15) is 0 Å². The van der Waals surface area contributed by atoms with Gasteiger partial charge in [0.25, 0.3) is 0 Å². The average molecular weight is 418 g/mol. The number of aromatic nitrogens is 3. The van der Waals surface area contributed by atoms with E-state index in [1.54, 1.807) is 6.07 Å². The molecule has 3 rings (SSSR count). The normalized spacial score (nSPS) is 11.4. The number of hydrogen-bond donors (Lipinski definition) is 2. The smallest absolute Gasteiger partial charge is 0.238 e. The second-order valence-corrected chi connectivity index (χ2v) is 8.52. The van der Waals surface area contributed by atoms with Crippen LogP contribution in [0.5, 0.6) is 0 Å². The fraction of sp³-hybridized carbons (Fsp3) is 0.167. The van der Waals surface area contributed by atoms with Gasteiger partial charge in [-0.05, 0) is 30.7 Å². The quantitative estimate of drug-likeness (QED) is 0.568. The molecule has 0 aliphatic heterocycles. The van der Waals surface area contributed by atoms with Gasteiger partial charge in [-0.1, -0.05) is 48.2 Å². The SMILES string of the molecule is Cc1nnc(SCC(=O)Nc2cccc(S(N)(=O)=O)c2)n1Cc1ccccc1. The monoisotopic (exact) mass is 417 g/mol. The summed E-state index contributed by atoms with van der Waals surface area (Å²) in [5.74, 6) is 0.572. The molecule has 0 fully saturated rings. The molecule has 146 valence electrons. The molecule has 0 saturated carbocycles. The average Bonchev–Trinajstić information content (AvgIpc) is 3.00. The highest BCUT2D eigenvalue weighted by atomic mass is 32.2. The van der Waals surface area contributed by atoms with E-state index < -0.39 is 10.0 Å². The van der Waals surface area contributed by atoms with Crippen molar-refractivity contribution in [2.45, 2.75) is 23.5 Å². The molecular formula is C18H19N5O3S2. The van der Waals surface area contributed by atoms with E-state index in [1.807, 2.05) is 41.8 Å². The molecular weight excluding hydrogens is 398 g/mol. The molecule has 3 N–H and O–H groups in total. The molecule has 1 amide bonds. The second-order valence-electron chi connectivity index (χ2n) is 6.01. The highest BCUT2D eigenvalue weighted by Crippen LogP contribution is 2.20. The Balaban J connectivity index is 1.64. The first-order chi connectivity index (χ1) is 13.3. The number of amides is 1. The lowest BCUT2D eigenvalue weighted by Gasteiger charge is -2.09. The highest BCUT2D eigenvalue weighted by molar-refractivity contribution is 7.99. The van der Waals surface area contributed by atoms with Crippen molar-refractivity contribution in [2.75, 3.05) is 11.1 Å². The number of aryl methyl sites for hydroxylation is 1. The Morgan fingerprint density at radius 2 is 1.89 bits per heavy atom. The maximum atomic E-state index is 12.3. The van der Waals surface area contributed by atoms with Crippen molar-refractivity contribution in [3.05, 3.63) is 66.0 Å². The molecule has 0 atom stereocenters. The first-order valence-electron chi connectivity index (χ1n) is 8.32. The van der Waals surface area contributed by atoms with E-state index in [0.717, 1.165) is 11.4 Å². The van der Waals surface area contributed by atoms with Gasteiger partial charge >= 0.3 is 0 Å². The van der Waals surface area contributed by atoms with Gasteiger partial charge in [-0.25, -0.2) is 13.6 Å². The van der Waals surface area contributed by atoms with E-state index in [-0.39, 0.29) is 16.6 Å². The third-order valence-electron chi connectivity index (χ3n) is 3.86. The van der Waals surface area contributed by atoms with Crippen molar-refractivity contribution in [2.24, 2.45) is 5.14 Å². The van der Waals surface area contributed by atoms with Gasteiger partial charge in [0.1, 0.15) is 5.82 Å². The lowest BCUT2D eigenvalue weighted by atomic mass is 10.2. The number of rotatable bonds is 7. The molecule has 0 aliphatic carbocycles. The molecule has 0 unspecified atom stereocenters. The molecule has 8 nitrogen and oxygen atoms in total. The van der Waals surface area contributed by atoms with E-state index in [4.69, 9.17) is 5.14 Å². The fourth-order valence-electron chi connectivity index (χ4n) is 2.49. The van der Waals surface area contributed by atoms with Gasteiger partial charge in [0.05, 0.1) is 17.2 Å². The number of nitrogens with two attached hydrogens (primary N) is 1. The topological polar surface area (TPSA) is 120 Å². The maximum Gasteiger partial charge on any atom is 0.238 e. The molecule has 10 heteroatoms. The lowest BCUT2D eigenvalue weighted by Crippen LogP contribution is -2.16. The number of anilines is 1. The van der Waals surface area contributed by atoms with Crippen LogP contribution in [0.25, 0.3) is 0 Å². The summed E-state index contributed by atoms with van der Waals surface area (Å²) in [6, 6.07) is 15.7. The Bertz CT molecular complexity index is 1080. The minimum absolute atomic E-state index is 0.0591. The van der Waals surface area contributed by atoms with Crippen LogP contribution in [0.2, 0.25) is 0 Å². The summed E-state index contributed by atoms with van der Waals surface area (Å²) in [5.41, 5.74) is 1.47. The van der Waals surface area contributed by atoms with E-state index >= 15 is 0 Å². The summed E-state index contributed by atoms with van der Waals surface area (Å²) in [4.78, 5) is 12.2. The first kappa shape index (κ1) is 20.1. The summed E-state index contributed by atoms with van der Waals surface area (Å²) in [7, 11) is -3.83. The zero-order valence-corrected chi connectivity index (χ0v) is 16.7. The Labute approximate surface area is 167 Å². The summed E-state index contributed by atoms with van der Waals surface area (Å²) in [6.45, 7) is 2.47. The van der Waals surface area contributed by atoms with Crippen LogP contribution in [0.4, 0.5) is 5.69 Å². The molecule has 0 spiro atoms. The number of primary sulfonamides is 1. The van der Waals surface area contributed by atoms with Crippen LogP contribution in [0.15, 0.2) is 64.6 Å². The Kier molecular flexibility index (Phi) is 6.12. The van der Waals surface area contributed by atoms with E-state index in [2.05, 4.69) is 15.5 Å².